The maximum atomic E-state index is 10.3. The second kappa shape index (κ2) is 3.91. The van der Waals surface area contributed by atoms with Gasteiger partial charge in [-0.2, -0.15) is 4.99 Å². The summed E-state index contributed by atoms with van der Waals surface area (Å²) in [6.45, 7) is 3.65. The predicted molar refractivity (Wildman–Crippen MR) is 55.5 cm³/mol. The van der Waals surface area contributed by atoms with Gasteiger partial charge in [0.2, 0.25) is 6.08 Å². The van der Waals surface area contributed by atoms with Crippen molar-refractivity contribution in [2.75, 3.05) is 0 Å². The van der Waals surface area contributed by atoms with Crippen LogP contribution in [0, 0.1) is 12.3 Å². The minimum atomic E-state index is -0.606. The van der Waals surface area contributed by atoms with Gasteiger partial charge in [-0.1, -0.05) is 24.1 Å². The average molecular weight is 185 g/mol. The highest BCUT2D eigenvalue weighted by Crippen LogP contribution is 2.26. The van der Waals surface area contributed by atoms with Crippen molar-refractivity contribution in [1.29, 1.82) is 0 Å². The molecule has 14 heavy (non-hydrogen) atoms. The molecule has 0 amide bonds. The van der Waals surface area contributed by atoms with Crippen LogP contribution in [0.4, 0.5) is 0 Å². The Balaban J connectivity index is 3.32. The van der Waals surface area contributed by atoms with Gasteiger partial charge in [-0.15, -0.1) is 6.42 Å². The van der Waals surface area contributed by atoms with Gasteiger partial charge in [0.1, 0.15) is 0 Å². The van der Waals surface area contributed by atoms with Crippen LogP contribution >= 0.6 is 0 Å². The average Bonchev–Trinajstić information content (AvgIpc) is 2.18. The summed E-state index contributed by atoms with van der Waals surface area (Å²) in [5.41, 5.74) is 1.02. The first-order valence-electron chi connectivity index (χ1n) is 4.27. The molecule has 2 nitrogen and oxygen atoms in total. The number of rotatable bonds is 2. The van der Waals surface area contributed by atoms with Gasteiger partial charge in [0.15, 0.2) is 0 Å². The minimum Gasteiger partial charge on any atom is -0.211 e. The zero-order chi connectivity index (χ0) is 10.6. The first-order valence-corrected chi connectivity index (χ1v) is 4.27. The zero-order valence-electron chi connectivity index (χ0n) is 8.24. The first kappa shape index (κ1) is 10.2. The molecule has 70 valence electrons. The van der Waals surface area contributed by atoms with Crippen molar-refractivity contribution >= 4 is 6.08 Å². The highest BCUT2D eigenvalue weighted by Gasteiger charge is 2.21. The van der Waals surface area contributed by atoms with Crippen LogP contribution in [0.2, 0.25) is 0 Å². The molecule has 1 rings (SSSR count). The SMILES string of the molecule is C#Cc1ccccc1C(C)(C)N=C=O. The third-order valence-corrected chi connectivity index (χ3v) is 2.07. The van der Waals surface area contributed by atoms with Gasteiger partial charge in [-0.3, -0.25) is 0 Å². The van der Waals surface area contributed by atoms with Crippen molar-refractivity contribution < 1.29 is 4.79 Å². The summed E-state index contributed by atoms with van der Waals surface area (Å²) in [7, 11) is 0. The maximum absolute atomic E-state index is 10.3. The molecule has 0 unspecified atom stereocenters. The summed E-state index contributed by atoms with van der Waals surface area (Å²) in [4.78, 5) is 14.0. The zero-order valence-corrected chi connectivity index (χ0v) is 8.24. The Hall–Kier alpha value is -1.84. The number of isocyanates is 1. The predicted octanol–water partition coefficient (Wildman–Crippen LogP) is 2.24. The lowest BCUT2D eigenvalue weighted by molar-refractivity contribution is 0.522. The standard InChI is InChI=1S/C12H11NO/c1-4-10-7-5-6-8-11(10)12(2,3)13-9-14/h1,5-8H,2-3H3. The summed E-state index contributed by atoms with van der Waals surface area (Å²) in [6, 6.07) is 7.44. The molecule has 0 atom stereocenters. The molecule has 0 spiro atoms. The van der Waals surface area contributed by atoms with Crippen molar-refractivity contribution in [3.05, 3.63) is 35.4 Å². The maximum Gasteiger partial charge on any atom is 0.235 e. The van der Waals surface area contributed by atoms with Gasteiger partial charge in [0, 0.05) is 5.56 Å². The number of hydrogen-bond acceptors (Lipinski definition) is 2. The number of aliphatic imine (C=N–C) groups is 1. The molecule has 0 bridgehead atoms. The van der Waals surface area contributed by atoms with Gasteiger partial charge in [0.25, 0.3) is 0 Å². The Kier molecular flexibility index (Phi) is 2.86. The van der Waals surface area contributed by atoms with E-state index in [0.717, 1.165) is 11.1 Å². The van der Waals surface area contributed by atoms with E-state index >= 15 is 0 Å². The van der Waals surface area contributed by atoms with Crippen molar-refractivity contribution in [2.45, 2.75) is 19.4 Å². The van der Waals surface area contributed by atoms with Crippen LogP contribution in [0.5, 0.6) is 0 Å². The highest BCUT2D eigenvalue weighted by atomic mass is 16.1. The van der Waals surface area contributed by atoms with Crippen molar-refractivity contribution in [3.63, 3.8) is 0 Å². The lowest BCUT2D eigenvalue weighted by Gasteiger charge is -2.19. The summed E-state index contributed by atoms with van der Waals surface area (Å²) in [5, 5.41) is 0. The number of carbonyl (C=O) groups excluding carboxylic acids is 1. The van der Waals surface area contributed by atoms with Crippen LogP contribution in [0.3, 0.4) is 0 Å². The quantitative estimate of drug-likeness (QED) is 0.394. The molecule has 1 aromatic carbocycles. The number of benzene rings is 1. The smallest absolute Gasteiger partial charge is 0.211 e. The molecule has 0 fully saturated rings. The molecule has 0 aliphatic heterocycles. The molecular weight excluding hydrogens is 174 g/mol. The summed E-state index contributed by atoms with van der Waals surface area (Å²) in [5.74, 6) is 2.57. The van der Waals surface area contributed by atoms with E-state index in [1.165, 1.54) is 0 Å². The van der Waals surface area contributed by atoms with E-state index in [4.69, 9.17) is 6.42 Å². The monoisotopic (exact) mass is 185 g/mol. The van der Waals surface area contributed by atoms with E-state index in [9.17, 15) is 4.79 Å². The van der Waals surface area contributed by atoms with Crippen LogP contribution in [0.25, 0.3) is 0 Å². The fourth-order valence-electron chi connectivity index (χ4n) is 1.32. The van der Waals surface area contributed by atoms with Crippen molar-refractivity contribution in [3.8, 4) is 12.3 Å². The van der Waals surface area contributed by atoms with E-state index in [-0.39, 0.29) is 0 Å². The minimum absolute atomic E-state index is 0.606. The molecule has 0 saturated heterocycles. The van der Waals surface area contributed by atoms with Crippen LogP contribution in [-0.2, 0) is 10.3 Å². The fourth-order valence-corrected chi connectivity index (χ4v) is 1.32. The van der Waals surface area contributed by atoms with Gasteiger partial charge >= 0.3 is 0 Å². The second-order valence-corrected chi connectivity index (χ2v) is 3.45. The summed E-state index contributed by atoms with van der Waals surface area (Å²) in [6.07, 6.45) is 6.92. The largest absolute Gasteiger partial charge is 0.235 e. The van der Waals surface area contributed by atoms with Gasteiger partial charge < -0.3 is 0 Å². The van der Waals surface area contributed by atoms with E-state index < -0.39 is 5.54 Å². The van der Waals surface area contributed by atoms with Crippen LogP contribution in [0.15, 0.2) is 29.3 Å². The van der Waals surface area contributed by atoms with E-state index in [2.05, 4.69) is 10.9 Å². The van der Waals surface area contributed by atoms with Gasteiger partial charge in [-0.05, 0) is 25.5 Å². The highest BCUT2D eigenvalue weighted by molar-refractivity contribution is 5.45. The van der Waals surface area contributed by atoms with Gasteiger partial charge in [-0.25, -0.2) is 4.79 Å². The third kappa shape index (κ3) is 1.90. The molecule has 0 saturated carbocycles. The molecule has 0 radical (unpaired) electrons. The molecule has 0 aliphatic rings. The molecule has 2 heteroatoms. The van der Waals surface area contributed by atoms with E-state index in [1.807, 2.05) is 38.1 Å². The first-order chi connectivity index (χ1) is 6.61. The van der Waals surface area contributed by atoms with E-state index in [0.29, 0.717) is 0 Å². The summed E-state index contributed by atoms with van der Waals surface area (Å²) >= 11 is 0. The lowest BCUT2D eigenvalue weighted by Crippen LogP contribution is -2.15. The van der Waals surface area contributed by atoms with Crippen LogP contribution in [0.1, 0.15) is 25.0 Å². The molecule has 0 heterocycles. The number of hydrogen-bond donors (Lipinski definition) is 0. The number of nitrogens with zero attached hydrogens (tertiary/aromatic N) is 1. The topological polar surface area (TPSA) is 29.4 Å². The van der Waals surface area contributed by atoms with Crippen LogP contribution in [-0.4, -0.2) is 6.08 Å². The van der Waals surface area contributed by atoms with Crippen LogP contribution < -0.4 is 0 Å². The Labute approximate surface area is 83.7 Å². The molecule has 0 N–H and O–H groups in total. The normalized spacial score (nSPS) is 10.1. The fraction of sp³-hybridized carbons (Fsp3) is 0.250. The van der Waals surface area contributed by atoms with E-state index in [1.54, 1.807) is 6.08 Å². The van der Waals surface area contributed by atoms with Crippen molar-refractivity contribution in [2.24, 2.45) is 4.99 Å². The van der Waals surface area contributed by atoms with Gasteiger partial charge in [0.05, 0.1) is 5.54 Å². The van der Waals surface area contributed by atoms with Crippen molar-refractivity contribution in [1.82, 2.24) is 0 Å². The number of terminal acetylenes is 1. The second-order valence-electron chi connectivity index (χ2n) is 3.45. The Morgan fingerprint density at radius 3 is 2.57 bits per heavy atom. The summed E-state index contributed by atoms with van der Waals surface area (Å²) < 4.78 is 0. The molecule has 0 aromatic heterocycles. The Bertz CT molecular complexity index is 420. The third-order valence-electron chi connectivity index (χ3n) is 2.07. The molecule has 0 aliphatic carbocycles. The lowest BCUT2D eigenvalue weighted by atomic mass is 9.91. The Morgan fingerprint density at radius 2 is 2.00 bits per heavy atom. The molecule has 1 aromatic rings. The molecular formula is C12H11NO. The Morgan fingerprint density at radius 1 is 1.36 bits per heavy atom.